The Balaban J connectivity index is 1.66. The molecule has 0 saturated heterocycles. The quantitative estimate of drug-likeness (QED) is 0.832. The highest BCUT2D eigenvalue weighted by atomic mass is 32.2. The summed E-state index contributed by atoms with van der Waals surface area (Å²) in [5.74, 6) is 0.663. The van der Waals surface area contributed by atoms with Crippen molar-refractivity contribution in [3.8, 4) is 5.75 Å². The molecular formula is C19H21NO2S. The van der Waals surface area contributed by atoms with Crippen molar-refractivity contribution in [2.75, 3.05) is 12.4 Å². The Labute approximate surface area is 141 Å². The van der Waals surface area contributed by atoms with Crippen LogP contribution in [0.25, 0.3) is 0 Å². The van der Waals surface area contributed by atoms with Crippen LogP contribution in [-0.4, -0.2) is 18.3 Å². The Morgan fingerprint density at radius 3 is 2.78 bits per heavy atom. The molecule has 0 aliphatic heterocycles. The van der Waals surface area contributed by atoms with Gasteiger partial charge in [0.05, 0.1) is 18.0 Å². The minimum absolute atomic E-state index is 0.0139. The normalized spacial score (nSPS) is 14.2. The van der Waals surface area contributed by atoms with E-state index in [-0.39, 0.29) is 11.2 Å². The zero-order valence-electron chi connectivity index (χ0n) is 13.5. The Hall–Kier alpha value is -1.94. The third-order valence-electron chi connectivity index (χ3n) is 4.12. The lowest BCUT2D eigenvalue weighted by Crippen LogP contribution is -2.22. The highest BCUT2D eigenvalue weighted by Crippen LogP contribution is 2.31. The van der Waals surface area contributed by atoms with Crippen LogP contribution in [0.3, 0.4) is 0 Å². The van der Waals surface area contributed by atoms with Crippen LogP contribution in [0.1, 0.15) is 24.5 Å². The smallest absolute Gasteiger partial charge is 0.237 e. The summed E-state index contributed by atoms with van der Waals surface area (Å²) in [5.41, 5.74) is 3.61. The predicted octanol–water partition coefficient (Wildman–Crippen LogP) is 4.30. The fourth-order valence-electron chi connectivity index (χ4n) is 2.86. The largest absolute Gasteiger partial charge is 0.495 e. The topological polar surface area (TPSA) is 38.3 Å². The SMILES string of the molecule is COc1ccccc1NC(=O)[C@@H](C)Sc1ccc2c(c1)CCC2. The van der Waals surface area contributed by atoms with Gasteiger partial charge in [0.25, 0.3) is 0 Å². The summed E-state index contributed by atoms with van der Waals surface area (Å²) in [6, 6.07) is 14.0. The third kappa shape index (κ3) is 3.70. The first-order valence-electron chi connectivity index (χ1n) is 7.89. The Kier molecular flexibility index (Phi) is 4.91. The number of rotatable bonds is 5. The minimum atomic E-state index is -0.167. The second-order valence-corrected chi connectivity index (χ2v) is 7.15. The van der Waals surface area contributed by atoms with Gasteiger partial charge in [-0.25, -0.2) is 0 Å². The molecule has 1 aliphatic carbocycles. The Bertz CT molecular complexity index is 714. The molecule has 0 saturated carbocycles. The number of ether oxygens (including phenoxy) is 1. The van der Waals surface area contributed by atoms with Crippen molar-refractivity contribution in [2.24, 2.45) is 0 Å². The van der Waals surface area contributed by atoms with E-state index in [0.717, 1.165) is 11.3 Å². The van der Waals surface area contributed by atoms with Crippen molar-refractivity contribution in [2.45, 2.75) is 36.3 Å². The molecule has 0 fully saturated rings. The summed E-state index contributed by atoms with van der Waals surface area (Å²) in [6.45, 7) is 1.93. The number of benzene rings is 2. The molecule has 23 heavy (non-hydrogen) atoms. The highest BCUT2D eigenvalue weighted by molar-refractivity contribution is 8.00. The molecule has 1 amide bonds. The number of carbonyl (C=O) groups is 1. The molecule has 0 aromatic heterocycles. The predicted molar refractivity (Wildman–Crippen MR) is 95.4 cm³/mol. The van der Waals surface area contributed by atoms with Crippen LogP contribution >= 0.6 is 11.8 Å². The van der Waals surface area contributed by atoms with Gasteiger partial charge in [0.1, 0.15) is 5.75 Å². The third-order valence-corrected chi connectivity index (χ3v) is 5.21. The number of thioether (sulfide) groups is 1. The second kappa shape index (κ2) is 7.09. The highest BCUT2D eigenvalue weighted by Gasteiger charge is 2.18. The molecule has 3 rings (SSSR count). The van der Waals surface area contributed by atoms with Crippen molar-refractivity contribution in [3.05, 3.63) is 53.6 Å². The summed E-state index contributed by atoms with van der Waals surface area (Å²) in [5, 5.41) is 2.78. The molecular weight excluding hydrogens is 306 g/mol. The van der Waals surface area contributed by atoms with Crippen LogP contribution in [0.5, 0.6) is 5.75 Å². The summed E-state index contributed by atoms with van der Waals surface area (Å²) in [7, 11) is 1.60. The van der Waals surface area contributed by atoms with Crippen LogP contribution in [0, 0.1) is 0 Å². The number of anilines is 1. The average molecular weight is 327 g/mol. The average Bonchev–Trinajstić information content (AvgIpc) is 3.03. The van der Waals surface area contributed by atoms with Crippen molar-refractivity contribution >= 4 is 23.4 Å². The van der Waals surface area contributed by atoms with Crippen LogP contribution in [0.15, 0.2) is 47.4 Å². The number of amides is 1. The first-order valence-corrected chi connectivity index (χ1v) is 8.77. The van der Waals surface area contributed by atoms with E-state index in [0.29, 0.717) is 11.4 Å². The van der Waals surface area contributed by atoms with Gasteiger partial charge in [0, 0.05) is 4.90 Å². The standard InChI is InChI=1S/C19H21NO2S/c1-13(19(21)20-17-8-3-4-9-18(17)22-2)23-16-11-10-14-6-5-7-15(14)12-16/h3-4,8-13H,5-7H2,1-2H3,(H,20,21)/t13-/m1/s1. The van der Waals surface area contributed by atoms with E-state index in [1.54, 1.807) is 18.9 Å². The first kappa shape index (κ1) is 15.9. The van der Waals surface area contributed by atoms with E-state index >= 15 is 0 Å². The maximum absolute atomic E-state index is 12.4. The van der Waals surface area contributed by atoms with Gasteiger partial charge in [-0.05, 0) is 61.6 Å². The molecule has 2 aromatic carbocycles. The molecule has 1 N–H and O–H groups in total. The van der Waals surface area contributed by atoms with E-state index in [2.05, 4.69) is 23.5 Å². The van der Waals surface area contributed by atoms with Crippen LogP contribution in [0.4, 0.5) is 5.69 Å². The van der Waals surface area contributed by atoms with E-state index in [9.17, 15) is 4.79 Å². The Morgan fingerprint density at radius 1 is 1.17 bits per heavy atom. The molecule has 0 spiro atoms. The Morgan fingerprint density at radius 2 is 1.96 bits per heavy atom. The fourth-order valence-corrected chi connectivity index (χ4v) is 3.79. The number of fused-ring (bicyclic) bond motifs is 1. The van der Waals surface area contributed by atoms with Crippen molar-refractivity contribution < 1.29 is 9.53 Å². The maximum atomic E-state index is 12.4. The van der Waals surface area contributed by atoms with Gasteiger partial charge in [0.2, 0.25) is 5.91 Å². The number of para-hydroxylation sites is 2. The van der Waals surface area contributed by atoms with Crippen molar-refractivity contribution in [1.82, 2.24) is 0 Å². The summed E-state index contributed by atoms with van der Waals surface area (Å²) < 4.78 is 5.27. The lowest BCUT2D eigenvalue weighted by Gasteiger charge is -2.14. The lowest BCUT2D eigenvalue weighted by molar-refractivity contribution is -0.115. The van der Waals surface area contributed by atoms with Gasteiger partial charge in [-0.1, -0.05) is 18.2 Å². The molecule has 0 bridgehead atoms. The fraction of sp³-hybridized carbons (Fsp3) is 0.316. The van der Waals surface area contributed by atoms with Gasteiger partial charge in [-0.2, -0.15) is 0 Å². The van der Waals surface area contributed by atoms with Gasteiger partial charge >= 0.3 is 0 Å². The molecule has 4 heteroatoms. The zero-order valence-corrected chi connectivity index (χ0v) is 14.3. The molecule has 1 aliphatic rings. The molecule has 120 valence electrons. The van der Waals surface area contributed by atoms with Crippen molar-refractivity contribution in [3.63, 3.8) is 0 Å². The number of aryl methyl sites for hydroxylation is 2. The van der Waals surface area contributed by atoms with E-state index in [1.807, 2.05) is 31.2 Å². The number of methoxy groups -OCH3 is 1. The van der Waals surface area contributed by atoms with E-state index in [1.165, 1.54) is 24.0 Å². The summed E-state index contributed by atoms with van der Waals surface area (Å²) >= 11 is 1.60. The number of hydrogen-bond donors (Lipinski definition) is 1. The monoisotopic (exact) mass is 327 g/mol. The summed E-state index contributed by atoms with van der Waals surface area (Å²) in [6.07, 6.45) is 3.59. The molecule has 0 radical (unpaired) electrons. The first-order chi connectivity index (χ1) is 11.2. The maximum Gasteiger partial charge on any atom is 0.237 e. The second-order valence-electron chi connectivity index (χ2n) is 5.73. The van der Waals surface area contributed by atoms with Crippen LogP contribution < -0.4 is 10.1 Å². The number of nitrogens with one attached hydrogen (secondary N) is 1. The van der Waals surface area contributed by atoms with E-state index < -0.39 is 0 Å². The molecule has 2 aromatic rings. The number of carbonyl (C=O) groups excluding carboxylic acids is 1. The molecule has 0 heterocycles. The minimum Gasteiger partial charge on any atom is -0.495 e. The molecule has 0 unspecified atom stereocenters. The van der Waals surface area contributed by atoms with Gasteiger partial charge in [-0.15, -0.1) is 11.8 Å². The number of hydrogen-bond acceptors (Lipinski definition) is 3. The van der Waals surface area contributed by atoms with E-state index in [4.69, 9.17) is 4.74 Å². The van der Waals surface area contributed by atoms with Crippen LogP contribution in [0.2, 0.25) is 0 Å². The van der Waals surface area contributed by atoms with Crippen LogP contribution in [-0.2, 0) is 17.6 Å². The van der Waals surface area contributed by atoms with Crippen molar-refractivity contribution in [1.29, 1.82) is 0 Å². The van der Waals surface area contributed by atoms with Gasteiger partial charge in [0.15, 0.2) is 0 Å². The summed E-state index contributed by atoms with van der Waals surface area (Å²) in [4.78, 5) is 13.6. The molecule has 3 nitrogen and oxygen atoms in total. The zero-order chi connectivity index (χ0) is 16.2. The van der Waals surface area contributed by atoms with Gasteiger partial charge in [-0.3, -0.25) is 4.79 Å². The molecule has 1 atom stereocenters. The van der Waals surface area contributed by atoms with Gasteiger partial charge < -0.3 is 10.1 Å². The lowest BCUT2D eigenvalue weighted by atomic mass is 10.1.